The lowest BCUT2D eigenvalue weighted by Gasteiger charge is -2.45. The van der Waals surface area contributed by atoms with E-state index in [9.17, 15) is 9.18 Å². The van der Waals surface area contributed by atoms with Crippen LogP contribution in [0.4, 0.5) is 10.2 Å². The highest BCUT2D eigenvalue weighted by atomic mass is 35.5. The Kier molecular flexibility index (Phi) is 8.09. The van der Waals surface area contributed by atoms with Gasteiger partial charge in [0.25, 0.3) is 5.91 Å². The Morgan fingerprint density at radius 2 is 1.90 bits per heavy atom. The second-order valence-electron chi connectivity index (χ2n) is 11.8. The van der Waals surface area contributed by atoms with E-state index in [1.54, 1.807) is 4.90 Å². The molecule has 1 aromatic heterocycles. The number of benzene rings is 2. The van der Waals surface area contributed by atoms with E-state index in [0.717, 1.165) is 52.8 Å². The molecule has 2 fully saturated rings. The Morgan fingerprint density at radius 3 is 2.60 bits per heavy atom. The van der Waals surface area contributed by atoms with Gasteiger partial charge in [-0.3, -0.25) is 4.79 Å². The fourth-order valence-corrected chi connectivity index (χ4v) is 7.04. The summed E-state index contributed by atoms with van der Waals surface area (Å²) in [6.45, 7) is 9.93. The summed E-state index contributed by atoms with van der Waals surface area (Å²) in [5, 5.41) is 2.74. The quantitative estimate of drug-likeness (QED) is 0.351. The molecular weight excluding hydrogens is 557 g/mol. The molecule has 0 saturated carbocycles. The van der Waals surface area contributed by atoms with Crippen LogP contribution in [0, 0.1) is 0 Å². The molecule has 42 heavy (non-hydrogen) atoms. The fourth-order valence-electron chi connectivity index (χ4n) is 6.74. The molecule has 0 bridgehead atoms. The Hall–Kier alpha value is -3.27. The molecule has 0 aliphatic carbocycles. The van der Waals surface area contributed by atoms with Crippen molar-refractivity contribution in [2.24, 2.45) is 0 Å². The second-order valence-corrected chi connectivity index (χ2v) is 12.2. The molecular formula is C32H37ClFN5O3. The van der Waals surface area contributed by atoms with Crippen LogP contribution in [0.5, 0.6) is 6.01 Å². The number of amides is 1. The van der Waals surface area contributed by atoms with Gasteiger partial charge in [0.1, 0.15) is 12.4 Å². The van der Waals surface area contributed by atoms with Crippen molar-refractivity contribution < 1.29 is 18.7 Å². The Morgan fingerprint density at radius 1 is 1.17 bits per heavy atom. The molecule has 222 valence electrons. The van der Waals surface area contributed by atoms with E-state index in [1.807, 2.05) is 32.0 Å². The molecule has 0 N–H and O–H groups in total. The van der Waals surface area contributed by atoms with Gasteiger partial charge >= 0.3 is 6.01 Å². The van der Waals surface area contributed by atoms with Gasteiger partial charge in [-0.1, -0.05) is 48.5 Å². The number of fused-ring (bicyclic) bond motifs is 2. The van der Waals surface area contributed by atoms with Crippen molar-refractivity contribution in [3.63, 3.8) is 0 Å². The van der Waals surface area contributed by atoms with E-state index in [-0.39, 0.29) is 18.2 Å². The van der Waals surface area contributed by atoms with Gasteiger partial charge in [-0.05, 0) is 57.3 Å². The Balaban J connectivity index is 1.34. The molecule has 10 heteroatoms. The number of halogens is 2. The van der Waals surface area contributed by atoms with Crippen LogP contribution in [-0.2, 0) is 22.6 Å². The normalized spacial score (nSPS) is 24.6. The standard InChI is InChI=1S/C32H37ClFN5O3/c1-19-15-38(16-20(2)39(19)31(40)21(3)34)30-25-18-41-28(24-11-5-8-22-9-6-12-26(33)29(22)24)14-27(25)35-32(36-30)42-17-23-10-7-13-37(23)4/h5-6,8-9,11-12,19-20,23,28H,3,7,10,13-18H2,1-2,4H3/t19-,20+,23-,28?/m0/s1. The van der Waals surface area contributed by atoms with Crippen LogP contribution in [0.1, 0.15) is 49.6 Å². The number of likely N-dealkylation sites (tertiary alicyclic amines) is 1. The minimum Gasteiger partial charge on any atom is -0.462 e. The highest BCUT2D eigenvalue weighted by Crippen LogP contribution is 2.40. The van der Waals surface area contributed by atoms with Crippen molar-refractivity contribution >= 4 is 34.1 Å². The zero-order chi connectivity index (χ0) is 29.5. The molecule has 3 aromatic rings. The predicted molar refractivity (Wildman–Crippen MR) is 162 cm³/mol. The monoisotopic (exact) mass is 593 g/mol. The van der Waals surface area contributed by atoms with Gasteiger partial charge in [0.15, 0.2) is 5.83 Å². The van der Waals surface area contributed by atoms with E-state index in [1.165, 1.54) is 0 Å². The van der Waals surface area contributed by atoms with E-state index in [4.69, 9.17) is 31.0 Å². The molecule has 1 unspecified atom stereocenters. The molecule has 3 aliphatic rings. The van der Waals surface area contributed by atoms with Crippen LogP contribution in [-0.4, -0.2) is 77.1 Å². The number of hydrogen-bond donors (Lipinski definition) is 0. The summed E-state index contributed by atoms with van der Waals surface area (Å²) in [5.41, 5.74) is 2.82. The van der Waals surface area contributed by atoms with E-state index < -0.39 is 11.7 Å². The number of carbonyl (C=O) groups excluding carboxylic acids is 1. The number of nitrogens with zero attached hydrogens (tertiary/aromatic N) is 5. The number of ether oxygens (including phenoxy) is 2. The van der Waals surface area contributed by atoms with Crippen molar-refractivity contribution in [3.8, 4) is 6.01 Å². The van der Waals surface area contributed by atoms with Crippen LogP contribution in [0.15, 0.2) is 48.8 Å². The third kappa shape index (κ3) is 5.45. The molecule has 1 amide bonds. The maximum atomic E-state index is 13.8. The number of anilines is 1. The van der Waals surface area contributed by atoms with Crippen molar-refractivity contribution in [1.29, 1.82) is 0 Å². The zero-order valence-corrected chi connectivity index (χ0v) is 25.1. The summed E-state index contributed by atoms with van der Waals surface area (Å²) in [6.07, 6.45) is 2.54. The van der Waals surface area contributed by atoms with Crippen molar-refractivity contribution in [2.45, 2.75) is 63.9 Å². The highest BCUT2D eigenvalue weighted by molar-refractivity contribution is 6.35. The number of aromatic nitrogens is 2. The first kappa shape index (κ1) is 28.8. The molecule has 0 radical (unpaired) electrons. The molecule has 6 rings (SSSR count). The van der Waals surface area contributed by atoms with Crippen molar-refractivity contribution in [1.82, 2.24) is 19.8 Å². The summed E-state index contributed by atoms with van der Waals surface area (Å²) in [6, 6.07) is 12.2. The summed E-state index contributed by atoms with van der Waals surface area (Å²) in [5.74, 6) is -0.861. The topological polar surface area (TPSA) is 71.0 Å². The third-order valence-electron chi connectivity index (χ3n) is 8.85. The molecule has 0 spiro atoms. The maximum absolute atomic E-state index is 13.8. The van der Waals surface area contributed by atoms with Gasteiger partial charge in [-0.2, -0.15) is 9.97 Å². The average molecular weight is 594 g/mol. The first-order valence-corrected chi connectivity index (χ1v) is 15.0. The minimum atomic E-state index is -0.942. The SMILES string of the molecule is C=C(F)C(=O)N1[C@H](C)CN(c2nc(OC[C@@H]3CCCN3C)nc3c2COC(c2cccc4cccc(Cl)c24)C3)C[C@@H]1C. The van der Waals surface area contributed by atoms with Gasteiger partial charge in [-0.25, -0.2) is 4.39 Å². The van der Waals surface area contributed by atoms with Crippen LogP contribution >= 0.6 is 11.6 Å². The van der Waals surface area contributed by atoms with Crippen molar-refractivity contribution in [3.05, 3.63) is 70.6 Å². The molecule has 8 nitrogen and oxygen atoms in total. The summed E-state index contributed by atoms with van der Waals surface area (Å²) < 4.78 is 26.5. The van der Waals surface area contributed by atoms with Gasteiger partial charge < -0.3 is 24.2 Å². The van der Waals surface area contributed by atoms with Crippen molar-refractivity contribution in [2.75, 3.05) is 38.2 Å². The van der Waals surface area contributed by atoms with Crippen LogP contribution in [0.25, 0.3) is 10.8 Å². The Bertz CT molecular complexity index is 1500. The first-order chi connectivity index (χ1) is 20.2. The highest BCUT2D eigenvalue weighted by Gasteiger charge is 2.37. The summed E-state index contributed by atoms with van der Waals surface area (Å²) in [7, 11) is 2.12. The van der Waals surface area contributed by atoms with Gasteiger partial charge in [0, 0.05) is 53.6 Å². The van der Waals surface area contributed by atoms with Crippen LogP contribution < -0.4 is 9.64 Å². The minimum absolute atomic E-state index is 0.236. The van der Waals surface area contributed by atoms with Gasteiger partial charge in [-0.15, -0.1) is 0 Å². The van der Waals surface area contributed by atoms with Crippen LogP contribution in [0.2, 0.25) is 5.02 Å². The van der Waals surface area contributed by atoms with E-state index in [2.05, 4.69) is 41.6 Å². The van der Waals surface area contributed by atoms with Crippen LogP contribution in [0.3, 0.4) is 0 Å². The lowest BCUT2D eigenvalue weighted by atomic mass is 9.94. The smallest absolute Gasteiger partial charge is 0.318 e. The first-order valence-electron chi connectivity index (χ1n) is 14.6. The third-order valence-corrected chi connectivity index (χ3v) is 9.17. The number of rotatable bonds is 6. The Labute approximate surface area is 251 Å². The predicted octanol–water partition coefficient (Wildman–Crippen LogP) is 5.48. The molecule has 4 heterocycles. The maximum Gasteiger partial charge on any atom is 0.318 e. The number of hydrogen-bond acceptors (Lipinski definition) is 7. The lowest BCUT2D eigenvalue weighted by Crippen LogP contribution is -2.59. The number of likely N-dealkylation sites (N-methyl/N-ethyl adjacent to an activating group) is 1. The fraction of sp³-hybridized carbons (Fsp3) is 0.469. The summed E-state index contributed by atoms with van der Waals surface area (Å²) >= 11 is 6.66. The molecule has 2 aromatic carbocycles. The largest absolute Gasteiger partial charge is 0.462 e. The van der Waals surface area contributed by atoms with Gasteiger partial charge in [0.05, 0.1) is 18.4 Å². The number of piperazine rings is 1. The summed E-state index contributed by atoms with van der Waals surface area (Å²) in [4.78, 5) is 28.4. The molecule has 3 aliphatic heterocycles. The molecule has 4 atom stereocenters. The zero-order valence-electron chi connectivity index (χ0n) is 24.4. The average Bonchev–Trinajstić information content (AvgIpc) is 3.39. The lowest BCUT2D eigenvalue weighted by molar-refractivity contribution is -0.133. The van der Waals surface area contributed by atoms with E-state index in [0.29, 0.717) is 49.8 Å². The second kappa shape index (κ2) is 11.8. The van der Waals surface area contributed by atoms with E-state index >= 15 is 0 Å². The molecule has 2 saturated heterocycles. The number of carbonyl (C=O) groups is 1. The van der Waals surface area contributed by atoms with Gasteiger partial charge in [0.2, 0.25) is 0 Å².